The van der Waals surface area contributed by atoms with Crippen LogP contribution >= 0.6 is 0 Å². The van der Waals surface area contributed by atoms with Gasteiger partial charge in [-0.1, -0.05) is 18.1 Å². The van der Waals surface area contributed by atoms with Gasteiger partial charge in [0, 0.05) is 12.2 Å². The van der Waals surface area contributed by atoms with Crippen molar-refractivity contribution >= 4 is 11.6 Å². The van der Waals surface area contributed by atoms with Crippen molar-refractivity contribution in [2.45, 2.75) is 25.7 Å². The van der Waals surface area contributed by atoms with Crippen LogP contribution in [-0.2, 0) is 11.3 Å². The molecule has 1 rings (SSSR count). The van der Waals surface area contributed by atoms with Crippen LogP contribution in [0.25, 0.3) is 0 Å². The van der Waals surface area contributed by atoms with E-state index in [1.165, 1.54) is 12.1 Å². The highest BCUT2D eigenvalue weighted by Crippen LogP contribution is 2.18. The molecule has 3 nitrogen and oxygen atoms in total. The van der Waals surface area contributed by atoms with Crippen LogP contribution in [0.15, 0.2) is 24.3 Å². The van der Waals surface area contributed by atoms with Gasteiger partial charge in [-0.15, -0.1) is 6.42 Å². The lowest BCUT2D eigenvalue weighted by molar-refractivity contribution is -0.167. The number of anilines is 1. The molecule has 0 heterocycles. The summed E-state index contributed by atoms with van der Waals surface area (Å²) < 4.78 is 36.3. The number of hydrogen-bond donors (Lipinski definition) is 2. The van der Waals surface area contributed by atoms with Gasteiger partial charge in [-0.2, -0.15) is 13.2 Å². The molecule has 0 radical (unpaired) electrons. The Morgan fingerprint density at radius 2 is 2.16 bits per heavy atom. The van der Waals surface area contributed by atoms with Crippen LogP contribution in [0.4, 0.5) is 18.9 Å². The lowest BCUT2D eigenvalue weighted by Gasteiger charge is -2.11. The van der Waals surface area contributed by atoms with E-state index in [0.29, 0.717) is 6.54 Å². The normalized spacial score (nSPS) is 12.6. The number of alkyl halides is 3. The topological polar surface area (TPSA) is 41.1 Å². The molecule has 1 unspecified atom stereocenters. The fraction of sp³-hybridized carbons (Fsp3) is 0.308. The number of nitrogens with one attached hydrogen (secondary N) is 2. The molecule has 0 saturated carbocycles. The van der Waals surface area contributed by atoms with Gasteiger partial charge in [0.05, 0.1) is 6.04 Å². The third-order valence-corrected chi connectivity index (χ3v) is 2.30. The molecule has 0 aliphatic heterocycles. The molecule has 0 fully saturated rings. The van der Waals surface area contributed by atoms with Gasteiger partial charge < -0.3 is 5.32 Å². The first-order valence-corrected chi connectivity index (χ1v) is 5.49. The van der Waals surface area contributed by atoms with Crippen LogP contribution in [0.2, 0.25) is 0 Å². The fourth-order valence-corrected chi connectivity index (χ4v) is 1.29. The van der Waals surface area contributed by atoms with Gasteiger partial charge in [-0.05, 0) is 24.6 Å². The molecule has 0 aromatic heterocycles. The third-order valence-electron chi connectivity index (χ3n) is 2.30. The summed E-state index contributed by atoms with van der Waals surface area (Å²) in [6.45, 7) is 2.19. The summed E-state index contributed by atoms with van der Waals surface area (Å²) in [5.74, 6) is 0.481. The van der Waals surface area contributed by atoms with E-state index in [1.807, 2.05) is 0 Å². The maximum atomic E-state index is 12.1. The van der Waals surface area contributed by atoms with Crippen LogP contribution in [-0.4, -0.2) is 18.1 Å². The monoisotopic (exact) mass is 270 g/mol. The second-order valence-electron chi connectivity index (χ2n) is 3.92. The Morgan fingerprint density at radius 1 is 1.47 bits per heavy atom. The first-order valence-electron chi connectivity index (χ1n) is 5.49. The number of carbonyl (C=O) groups excluding carboxylic acids is 1. The summed E-state index contributed by atoms with van der Waals surface area (Å²) in [4.78, 5) is 10.8. The molecule has 0 aliphatic carbocycles. The van der Waals surface area contributed by atoms with E-state index in [2.05, 4.69) is 11.2 Å². The zero-order valence-electron chi connectivity index (χ0n) is 10.2. The van der Waals surface area contributed by atoms with Crippen LogP contribution in [0.3, 0.4) is 0 Å². The lowest BCUT2D eigenvalue weighted by atomic mass is 10.2. The van der Waals surface area contributed by atoms with Crippen molar-refractivity contribution in [3.05, 3.63) is 29.8 Å². The predicted molar refractivity (Wildman–Crippen MR) is 66.3 cm³/mol. The van der Waals surface area contributed by atoms with Crippen molar-refractivity contribution in [1.82, 2.24) is 5.32 Å². The number of benzene rings is 1. The Bertz CT molecular complexity index is 491. The van der Waals surface area contributed by atoms with Crippen molar-refractivity contribution in [1.29, 1.82) is 0 Å². The van der Waals surface area contributed by atoms with Gasteiger partial charge >= 0.3 is 12.1 Å². The highest BCUT2D eigenvalue weighted by molar-refractivity contribution is 5.94. The molecule has 0 saturated heterocycles. The highest BCUT2D eigenvalue weighted by atomic mass is 19.4. The number of terminal acetylenes is 1. The van der Waals surface area contributed by atoms with E-state index in [-0.39, 0.29) is 11.7 Å². The summed E-state index contributed by atoms with van der Waals surface area (Å²) in [6, 6.07) is 5.98. The molecule has 1 aromatic rings. The van der Waals surface area contributed by atoms with Crippen molar-refractivity contribution in [2.24, 2.45) is 0 Å². The van der Waals surface area contributed by atoms with Gasteiger partial charge in [0.15, 0.2) is 0 Å². The molecule has 6 heteroatoms. The number of carbonyl (C=O) groups is 1. The predicted octanol–water partition coefficient (Wildman–Crippen LogP) is 2.30. The summed E-state index contributed by atoms with van der Waals surface area (Å²) in [6.07, 6.45) is 0.289. The van der Waals surface area contributed by atoms with Gasteiger partial charge in [-0.25, -0.2) is 0 Å². The Morgan fingerprint density at radius 3 is 2.74 bits per heavy atom. The van der Waals surface area contributed by atoms with E-state index >= 15 is 0 Å². The molecule has 1 amide bonds. The van der Waals surface area contributed by atoms with E-state index in [1.54, 1.807) is 24.4 Å². The van der Waals surface area contributed by atoms with Crippen molar-refractivity contribution in [2.75, 3.05) is 5.32 Å². The number of amides is 1. The van der Waals surface area contributed by atoms with E-state index in [9.17, 15) is 18.0 Å². The smallest absolute Gasteiger partial charge is 0.318 e. The van der Waals surface area contributed by atoms with Crippen molar-refractivity contribution in [3.63, 3.8) is 0 Å². The molecule has 0 spiro atoms. The molecule has 1 aromatic carbocycles. The van der Waals surface area contributed by atoms with Crippen LogP contribution in [0.5, 0.6) is 0 Å². The van der Waals surface area contributed by atoms with Crippen molar-refractivity contribution in [3.8, 4) is 12.3 Å². The zero-order chi connectivity index (χ0) is 14.5. The highest BCUT2D eigenvalue weighted by Gasteiger charge is 2.38. The van der Waals surface area contributed by atoms with Crippen LogP contribution in [0, 0.1) is 12.3 Å². The van der Waals surface area contributed by atoms with Gasteiger partial charge in [0.1, 0.15) is 0 Å². The maximum Gasteiger partial charge on any atom is 0.471 e. The molecule has 0 aliphatic rings. The molecular formula is C13H13F3N2O. The first kappa shape index (κ1) is 15.1. The molecule has 1 atom stereocenters. The summed E-state index contributed by atoms with van der Waals surface area (Å²) >= 11 is 0. The second-order valence-corrected chi connectivity index (χ2v) is 3.92. The van der Waals surface area contributed by atoms with Gasteiger partial charge in [0.2, 0.25) is 0 Å². The Balaban J connectivity index is 2.68. The average Bonchev–Trinajstić information content (AvgIpc) is 2.35. The Hall–Kier alpha value is -2.00. The van der Waals surface area contributed by atoms with Gasteiger partial charge in [0.25, 0.3) is 0 Å². The minimum absolute atomic E-state index is 0.0926. The van der Waals surface area contributed by atoms with Crippen molar-refractivity contribution < 1.29 is 18.0 Å². The number of hydrogen-bond acceptors (Lipinski definition) is 2. The minimum Gasteiger partial charge on any atom is -0.318 e. The molecule has 102 valence electrons. The summed E-state index contributed by atoms with van der Waals surface area (Å²) in [5.41, 5.74) is 0.817. The quantitative estimate of drug-likeness (QED) is 0.824. The Kier molecular flexibility index (Phi) is 4.95. The average molecular weight is 270 g/mol. The second kappa shape index (κ2) is 6.25. The standard InChI is InChI=1S/C13H13F3N2O/c1-3-9(2)17-8-10-5-4-6-11(7-10)18-12(19)13(14,15)16/h1,4-7,9,17H,8H2,2H3,(H,18,19). The molecule has 19 heavy (non-hydrogen) atoms. The van der Waals surface area contributed by atoms with Gasteiger partial charge in [-0.3, -0.25) is 10.1 Å². The van der Waals surface area contributed by atoms with Crippen LogP contribution in [0.1, 0.15) is 12.5 Å². The fourth-order valence-electron chi connectivity index (χ4n) is 1.29. The SMILES string of the molecule is C#CC(C)NCc1cccc(NC(=O)C(F)(F)F)c1. The number of halogens is 3. The third kappa shape index (κ3) is 5.02. The Labute approximate surface area is 109 Å². The maximum absolute atomic E-state index is 12.1. The molecule has 0 bridgehead atoms. The van der Waals surface area contributed by atoms with E-state index in [4.69, 9.17) is 6.42 Å². The zero-order valence-corrected chi connectivity index (χ0v) is 10.2. The molecule has 2 N–H and O–H groups in total. The minimum atomic E-state index is -4.90. The van der Waals surface area contributed by atoms with E-state index < -0.39 is 12.1 Å². The lowest BCUT2D eigenvalue weighted by Crippen LogP contribution is -2.30. The summed E-state index contributed by atoms with van der Waals surface area (Å²) in [5, 5.41) is 4.78. The largest absolute Gasteiger partial charge is 0.471 e. The van der Waals surface area contributed by atoms with Crippen LogP contribution < -0.4 is 10.6 Å². The number of rotatable bonds is 4. The van der Waals surface area contributed by atoms with E-state index in [0.717, 1.165) is 5.56 Å². The molecular weight excluding hydrogens is 257 g/mol. The first-order chi connectivity index (χ1) is 8.82. The summed E-state index contributed by atoms with van der Waals surface area (Å²) in [7, 11) is 0.